The van der Waals surface area contributed by atoms with Crippen LogP contribution in [0, 0.1) is 22.7 Å². The van der Waals surface area contributed by atoms with E-state index in [1.807, 2.05) is 0 Å². The van der Waals surface area contributed by atoms with Crippen LogP contribution in [0.2, 0.25) is 5.15 Å². The number of aromatic nitrogens is 1. The molecule has 0 bridgehead atoms. The van der Waals surface area contributed by atoms with Gasteiger partial charge in [-0.1, -0.05) is 39.3 Å². The lowest BCUT2D eigenvalue weighted by Crippen LogP contribution is -2.32. The van der Waals surface area contributed by atoms with Crippen molar-refractivity contribution in [2.24, 2.45) is 11.3 Å². The smallest absolute Gasteiger partial charge is 0.339 e. The van der Waals surface area contributed by atoms with Gasteiger partial charge in [0.05, 0.1) is 11.1 Å². The van der Waals surface area contributed by atoms with Crippen LogP contribution >= 0.6 is 22.9 Å². The van der Waals surface area contributed by atoms with Gasteiger partial charge in [0.1, 0.15) is 16.2 Å². The fraction of sp³-hybridized carbons (Fsp3) is 0.478. The topological polar surface area (TPSA) is 92.1 Å². The molecule has 1 aliphatic rings. The molecule has 0 aliphatic heterocycles. The summed E-state index contributed by atoms with van der Waals surface area (Å²) in [6.45, 7) is 8.47. The first-order chi connectivity index (χ1) is 14.6. The predicted octanol–water partition coefficient (Wildman–Crippen LogP) is 5.39. The lowest BCUT2D eigenvalue weighted by atomic mass is 9.72. The van der Waals surface area contributed by atoms with Gasteiger partial charge < -0.3 is 10.1 Å². The van der Waals surface area contributed by atoms with E-state index in [4.69, 9.17) is 16.3 Å². The van der Waals surface area contributed by atoms with Gasteiger partial charge in [-0.05, 0) is 54.7 Å². The summed E-state index contributed by atoms with van der Waals surface area (Å²) in [6.07, 6.45) is 3.49. The van der Waals surface area contributed by atoms with Gasteiger partial charge in [0, 0.05) is 11.1 Å². The van der Waals surface area contributed by atoms with Crippen LogP contribution < -0.4 is 5.32 Å². The summed E-state index contributed by atoms with van der Waals surface area (Å²) < 4.78 is 5.40. The molecule has 1 amide bonds. The van der Waals surface area contributed by atoms with Crippen LogP contribution in [0.5, 0.6) is 0 Å². The second-order valence-electron chi connectivity index (χ2n) is 8.78. The van der Waals surface area contributed by atoms with Crippen LogP contribution in [0.15, 0.2) is 18.3 Å². The molecular formula is C23H26ClN3O3S. The van der Waals surface area contributed by atoms with E-state index in [2.05, 4.69) is 37.1 Å². The van der Waals surface area contributed by atoms with Gasteiger partial charge in [-0.3, -0.25) is 4.79 Å². The zero-order chi connectivity index (χ0) is 22.8. The number of pyridine rings is 1. The molecule has 0 aromatic carbocycles. The van der Waals surface area contributed by atoms with Crippen LogP contribution in [0.1, 0.15) is 66.9 Å². The molecule has 0 saturated carbocycles. The standard InChI is InChI=1S/C23H26ClN3O3S/c1-5-17(30-22(29)13-8-9-26-19(24)10-13)20(28)27-21-16(12-25)15-7-6-14(23(2,3)4)11-18(15)31-21/h8-10,14,17H,5-7,11H2,1-4H3,(H,27,28). The lowest BCUT2D eigenvalue weighted by Gasteiger charge is -2.33. The number of fused-ring (bicyclic) bond motifs is 1. The first-order valence-electron chi connectivity index (χ1n) is 10.3. The molecule has 0 radical (unpaired) electrons. The monoisotopic (exact) mass is 459 g/mol. The van der Waals surface area contributed by atoms with Crippen molar-refractivity contribution in [1.82, 2.24) is 4.98 Å². The minimum absolute atomic E-state index is 0.170. The minimum atomic E-state index is -0.979. The summed E-state index contributed by atoms with van der Waals surface area (Å²) in [6, 6.07) is 5.13. The number of nitriles is 1. The number of thiophene rings is 1. The van der Waals surface area contributed by atoms with Gasteiger partial charge in [-0.15, -0.1) is 11.3 Å². The second-order valence-corrected chi connectivity index (χ2v) is 10.3. The molecule has 2 aromatic heterocycles. The Hall–Kier alpha value is -2.43. The van der Waals surface area contributed by atoms with E-state index in [1.54, 1.807) is 6.92 Å². The van der Waals surface area contributed by atoms with Crippen molar-refractivity contribution in [1.29, 1.82) is 5.26 Å². The van der Waals surface area contributed by atoms with Crippen molar-refractivity contribution in [3.8, 4) is 6.07 Å². The molecule has 2 unspecified atom stereocenters. The lowest BCUT2D eigenvalue weighted by molar-refractivity contribution is -0.124. The highest BCUT2D eigenvalue weighted by molar-refractivity contribution is 7.16. The molecule has 164 valence electrons. The van der Waals surface area contributed by atoms with E-state index in [0.29, 0.717) is 22.9 Å². The van der Waals surface area contributed by atoms with E-state index in [-0.39, 0.29) is 16.1 Å². The molecule has 0 fully saturated rings. The van der Waals surface area contributed by atoms with Crippen LogP contribution in [0.25, 0.3) is 0 Å². The Morgan fingerprint density at radius 1 is 1.45 bits per heavy atom. The molecule has 1 aliphatic carbocycles. The maximum absolute atomic E-state index is 12.9. The third kappa shape index (κ3) is 5.25. The molecule has 2 atom stereocenters. The SMILES string of the molecule is CCC(OC(=O)c1ccnc(Cl)c1)C(=O)Nc1sc2c(c1C#N)CCC(C(C)(C)C)C2. The van der Waals surface area contributed by atoms with E-state index in [9.17, 15) is 14.9 Å². The first kappa shape index (κ1) is 23.2. The number of hydrogen-bond donors (Lipinski definition) is 1. The number of nitrogens with one attached hydrogen (secondary N) is 1. The number of carbonyl (C=O) groups is 2. The van der Waals surface area contributed by atoms with Crippen molar-refractivity contribution in [2.75, 3.05) is 5.32 Å². The van der Waals surface area contributed by atoms with Crippen LogP contribution in [-0.2, 0) is 22.4 Å². The molecule has 2 heterocycles. The van der Waals surface area contributed by atoms with Crippen molar-refractivity contribution in [3.05, 3.63) is 45.1 Å². The summed E-state index contributed by atoms with van der Waals surface area (Å²) in [5.74, 6) is -0.561. The van der Waals surface area contributed by atoms with Crippen LogP contribution in [-0.4, -0.2) is 23.0 Å². The minimum Gasteiger partial charge on any atom is -0.449 e. The van der Waals surface area contributed by atoms with Gasteiger partial charge in [-0.2, -0.15) is 5.26 Å². The third-order valence-electron chi connectivity index (χ3n) is 5.71. The summed E-state index contributed by atoms with van der Waals surface area (Å²) in [5.41, 5.74) is 1.99. The van der Waals surface area contributed by atoms with Crippen molar-refractivity contribution in [3.63, 3.8) is 0 Å². The number of esters is 1. The average Bonchev–Trinajstić information content (AvgIpc) is 3.07. The molecular weight excluding hydrogens is 434 g/mol. The molecule has 31 heavy (non-hydrogen) atoms. The van der Waals surface area contributed by atoms with Gasteiger partial charge in [0.2, 0.25) is 0 Å². The fourth-order valence-corrected chi connectivity index (χ4v) is 5.23. The Morgan fingerprint density at radius 3 is 2.81 bits per heavy atom. The summed E-state index contributed by atoms with van der Waals surface area (Å²) in [5, 5.41) is 13.3. The number of halogens is 1. The largest absolute Gasteiger partial charge is 0.449 e. The number of anilines is 1. The fourth-order valence-electron chi connectivity index (χ4n) is 3.77. The Kier molecular flexibility index (Phi) is 7.03. The zero-order valence-electron chi connectivity index (χ0n) is 18.1. The highest BCUT2D eigenvalue weighted by atomic mass is 35.5. The summed E-state index contributed by atoms with van der Waals surface area (Å²) >= 11 is 7.28. The molecule has 1 N–H and O–H groups in total. The van der Waals surface area contributed by atoms with Crippen LogP contribution in [0.3, 0.4) is 0 Å². The van der Waals surface area contributed by atoms with E-state index < -0.39 is 18.0 Å². The number of hydrogen-bond acceptors (Lipinski definition) is 6. The molecule has 3 rings (SSSR count). The zero-order valence-corrected chi connectivity index (χ0v) is 19.7. The molecule has 0 spiro atoms. The third-order valence-corrected chi connectivity index (χ3v) is 7.09. The summed E-state index contributed by atoms with van der Waals surface area (Å²) in [4.78, 5) is 30.2. The Morgan fingerprint density at radius 2 is 2.19 bits per heavy atom. The maximum atomic E-state index is 12.9. The molecule has 8 heteroatoms. The number of amides is 1. The predicted molar refractivity (Wildman–Crippen MR) is 121 cm³/mol. The van der Waals surface area contributed by atoms with Gasteiger partial charge in [0.15, 0.2) is 6.10 Å². The summed E-state index contributed by atoms with van der Waals surface area (Å²) in [7, 11) is 0. The first-order valence-corrected chi connectivity index (χ1v) is 11.5. The Labute approximate surface area is 191 Å². The van der Waals surface area contributed by atoms with Gasteiger partial charge in [-0.25, -0.2) is 9.78 Å². The Balaban J connectivity index is 1.75. The van der Waals surface area contributed by atoms with E-state index in [0.717, 1.165) is 29.7 Å². The van der Waals surface area contributed by atoms with Crippen LogP contribution in [0.4, 0.5) is 5.00 Å². The number of nitrogens with zero attached hydrogens (tertiary/aromatic N) is 2. The second kappa shape index (κ2) is 9.37. The highest BCUT2D eigenvalue weighted by Crippen LogP contribution is 2.44. The molecule has 2 aromatic rings. The van der Waals surface area contributed by atoms with E-state index in [1.165, 1.54) is 29.7 Å². The van der Waals surface area contributed by atoms with Gasteiger partial charge >= 0.3 is 5.97 Å². The van der Waals surface area contributed by atoms with Crippen molar-refractivity contribution in [2.45, 2.75) is 59.5 Å². The highest BCUT2D eigenvalue weighted by Gasteiger charge is 2.33. The van der Waals surface area contributed by atoms with Crippen molar-refractivity contribution < 1.29 is 14.3 Å². The number of carbonyl (C=O) groups excluding carboxylic acids is 2. The van der Waals surface area contributed by atoms with E-state index >= 15 is 0 Å². The van der Waals surface area contributed by atoms with Crippen molar-refractivity contribution >= 4 is 39.8 Å². The maximum Gasteiger partial charge on any atom is 0.339 e. The molecule has 6 nitrogen and oxygen atoms in total. The van der Waals surface area contributed by atoms with Gasteiger partial charge in [0.25, 0.3) is 5.91 Å². The number of rotatable bonds is 5. The average molecular weight is 460 g/mol. The number of ether oxygens (including phenoxy) is 1. The normalized spacial score (nSPS) is 16.7. The Bertz CT molecular complexity index is 1040. The molecule has 0 saturated heterocycles. The quantitative estimate of drug-likeness (QED) is 0.477.